The molecule has 1 nitrogen and oxygen atoms in total. The van der Waals surface area contributed by atoms with Crippen LogP contribution in [-0.2, 0) is 4.79 Å². The fourth-order valence-corrected chi connectivity index (χ4v) is 11.9. The van der Waals surface area contributed by atoms with Gasteiger partial charge in [0.25, 0.3) is 0 Å². The van der Waals surface area contributed by atoms with E-state index in [1.54, 1.807) is 0 Å². The van der Waals surface area contributed by atoms with Crippen LogP contribution in [0.25, 0.3) is 0 Å². The molecule has 0 aromatic rings. The second-order valence-corrected chi connectivity index (χ2v) is 15.5. The van der Waals surface area contributed by atoms with Gasteiger partial charge in [0.2, 0.25) is 0 Å². The molecule has 0 aromatic heterocycles. The Bertz CT molecular complexity index is 866. The molecule has 0 unspecified atom stereocenters. The van der Waals surface area contributed by atoms with E-state index in [4.69, 9.17) is 0 Å². The summed E-state index contributed by atoms with van der Waals surface area (Å²) >= 11 is 0. The Morgan fingerprint density at radius 2 is 1.53 bits per heavy atom. The molecule has 0 bridgehead atoms. The average molecular weight is 467 g/mol. The maximum absolute atomic E-state index is 12.9. The lowest BCUT2D eigenvalue weighted by Gasteiger charge is -2.62. The van der Waals surface area contributed by atoms with Crippen molar-refractivity contribution in [3.8, 4) is 0 Å². The smallest absolute Gasteiger partial charge is 0.138 e. The van der Waals surface area contributed by atoms with Crippen LogP contribution in [0.5, 0.6) is 0 Å². The largest absolute Gasteiger partial charge is 0.299 e. The van der Waals surface area contributed by atoms with Gasteiger partial charge < -0.3 is 0 Å². The van der Waals surface area contributed by atoms with Crippen molar-refractivity contribution in [2.24, 2.45) is 62.6 Å². The van der Waals surface area contributed by atoms with Gasteiger partial charge in [-0.15, -0.1) is 0 Å². The Kier molecular flexibility index (Phi) is 5.68. The lowest BCUT2D eigenvalue weighted by atomic mass is 9.42. The van der Waals surface area contributed by atoms with Crippen LogP contribution in [0.4, 0.5) is 0 Å². The zero-order valence-electron chi connectivity index (χ0n) is 23.9. The van der Waals surface area contributed by atoms with Gasteiger partial charge in [0.05, 0.1) is 0 Å². The molecule has 0 N–H and O–H groups in total. The summed E-state index contributed by atoms with van der Waals surface area (Å²) in [6.45, 7) is 24.0. The first kappa shape index (κ1) is 25.1. The highest BCUT2D eigenvalue weighted by Crippen LogP contribution is 2.88. The maximum atomic E-state index is 12.9. The predicted molar refractivity (Wildman–Crippen MR) is 143 cm³/mol. The minimum absolute atomic E-state index is 0.0860. The first-order valence-corrected chi connectivity index (χ1v) is 15.0. The fraction of sp³-hybridized carbons (Fsp3) is 0.909. The molecule has 5 aliphatic carbocycles. The van der Waals surface area contributed by atoms with Crippen LogP contribution in [0.2, 0.25) is 0 Å². The van der Waals surface area contributed by atoms with Crippen molar-refractivity contribution >= 4 is 5.78 Å². The third kappa shape index (κ3) is 3.00. The molecule has 5 saturated carbocycles. The number of fused-ring (bicyclic) bond motifs is 2. The van der Waals surface area contributed by atoms with E-state index in [1.165, 1.54) is 69.8 Å². The molecule has 5 aliphatic rings. The van der Waals surface area contributed by atoms with Crippen molar-refractivity contribution in [2.45, 2.75) is 126 Å². The van der Waals surface area contributed by atoms with Gasteiger partial charge in [-0.1, -0.05) is 60.6 Å². The number of hydrogen-bond acceptors (Lipinski definition) is 1. The van der Waals surface area contributed by atoms with E-state index in [2.05, 4.69) is 62.0 Å². The zero-order chi connectivity index (χ0) is 24.9. The molecule has 192 valence electrons. The zero-order valence-corrected chi connectivity index (χ0v) is 23.9. The molecular weight excluding hydrogens is 412 g/mol. The van der Waals surface area contributed by atoms with Crippen LogP contribution in [0, 0.1) is 62.6 Å². The number of carbonyl (C=O) groups excluding carboxylic acids is 1. The van der Waals surface area contributed by atoms with Crippen LogP contribution in [0.15, 0.2) is 12.2 Å². The lowest BCUT2D eigenvalue weighted by Crippen LogP contribution is -2.57. The normalized spacial score (nSPS) is 48.4. The van der Waals surface area contributed by atoms with Crippen LogP contribution in [-0.4, -0.2) is 5.78 Å². The number of rotatable bonds is 6. The predicted octanol–water partition coefficient (Wildman–Crippen LogP) is 9.26. The van der Waals surface area contributed by atoms with Crippen molar-refractivity contribution in [1.82, 2.24) is 0 Å². The topological polar surface area (TPSA) is 17.1 Å². The minimum atomic E-state index is -0.0860. The Morgan fingerprint density at radius 3 is 2.18 bits per heavy atom. The molecular formula is C33H54O. The maximum Gasteiger partial charge on any atom is 0.138 e. The molecule has 1 heteroatoms. The molecule has 0 saturated heterocycles. The Labute approximate surface area is 211 Å². The average Bonchev–Trinajstić information content (AvgIpc) is 3.33. The molecule has 34 heavy (non-hydrogen) atoms. The van der Waals surface area contributed by atoms with Gasteiger partial charge in [-0.3, -0.25) is 4.79 Å². The summed E-state index contributed by atoms with van der Waals surface area (Å²) < 4.78 is 0. The molecule has 2 spiro atoms. The van der Waals surface area contributed by atoms with Gasteiger partial charge in [-0.2, -0.15) is 0 Å². The second-order valence-electron chi connectivity index (χ2n) is 15.5. The van der Waals surface area contributed by atoms with Crippen molar-refractivity contribution in [2.75, 3.05) is 0 Å². The van der Waals surface area contributed by atoms with Crippen LogP contribution in [0.1, 0.15) is 126 Å². The van der Waals surface area contributed by atoms with Gasteiger partial charge in [-0.25, -0.2) is 0 Å². The third-order valence-electron chi connectivity index (χ3n) is 14.0. The quantitative estimate of drug-likeness (QED) is 0.356. The van der Waals surface area contributed by atoms with Gasteiger partial charge in [-0.05, 0) is 128 Å². The third-order valence-corrected chi connectivity index (χ3v) is 14.0. The highest BCUT2D eigenvalue weighted by atomic mass is 16.1. The van der Waals surface area contributed by atoms with E-state index >= 15 is 0 Å². The monoisotopic (exact) mass is 466 g/mol. The minimum Gasteiger partial charge on any atom is -0.299 e. The van der Waals surface area contributed by atoms with Gasteiger partial charge in [0, 0.05) is 11.8 Å². The van der Waals surface area contributed by atoms with Gasteiger partial charge in [0.1, 0.15) is 5.78 Å². The van der Waals surface area contributed by atoms with Crippen molar-refractivity contribution in [1.29, 1.82) is 0 Å². The second kappa shape index (κ2) is 7.71. The molecule has 0 aromatic carbocycles. The Balaban J connectivity index is 1.37. The molecule has 5 fully saturated rings. The van der Waals surface area contributed by atoms with E-state index in [1.807, 2.05) is 0 Å². The molecule has 9 atom stereocenters. The standard InChI is InChI=1S/C33H54O/c1-21(2)24(22(3)4)11-10-23(5)25-14-16-31(9)27-13-12-26-29(6,7)28(34)15-17-32(26)20-33(27,32)19-18-30(25,31)8/h22-27H,1,10-20H2,2-9H3/t23-,24-,25-,26+,27+,30-,31+,32-,33+/m1/s1. The summed E-state index contributed by atoms with van der Waals surface area (Å²) in [4.78, 5) is 12.9. The molecule has 0 heterocycles. The van der Waals surface area contributed by atoms with Crippen LogP contribution < -0.4 is 0 Å². The number of hydrogen-bond donors (Lipinski definition) is 0. The number of ketones is 1. The number of carbonyl (C=O) groups is 1. The first-order valence-electron chi connectivity index (χ1n) is 15.0. The molecule has 0 amide bonds. The van der Waals surface area contributed by atoms with Gasteiger partial charge in [0.15, 0.2) is 0 Å². The van der Waals surface area contributed by atoms with Crippen molar-refractivity contribution in [3.05, 3.63) is 12.2 Å². The molecule has 5 rings (SSSR count). The first-order chi connectivity index (χ1) is 15.8. The molecule has 0 aliphatic heterocycles. The van der Waals surface area contributed by atoms with E-state index < -0.39 is 0 Å². The van der Waals surface area contributed by atoms with Crippen LogP contribution >= 0.6 is 0 Å². The van der Waals surface area contributed by atoms with Crippen molar-refractivity contribution < 1.29 is 4.79 Å². The number of allylic oxidation sites excluding steroid dienone is 1. The SMILES string of the molecule is C=C(C)[C@@H](CC[C@@H](C)[C@H]1CC[C@@]2(C)[C@@H]3CC[C@H]4C(C)(C)C(=O)CC[C@@]45C[C@@]35CC[C@]12C)C(C)C. The van der Waals surface area contributed by atoms with Gasteiger partial charge >= 0.3 is 0 Å². The van der Waals surface area contributed by atoms with E-state index in [0.29, 0.717) is 45.2 Å². The molecule has 0 radical (unpaired) electrons. The Hall–Kier alpha value is -0.590. The Morgan fingerprint density at radius 1 is 0.882 bits per heavy atom. The van der Waals surface area contributed by atoms with Crippen molar-refractivity contribution in [3.63, 3.8) is 0 Å². The summed E-state index contributed by atoms with van der Waals surface area (Å²) in [7, 11) is 0. The highest BCUT2D eigenvalue weighted by molar-refractivity contribution is 5.86. The van der Waals surface area contributed by atoms with Crippen LogP contribution in [0.3, 0.4) is 0 Å². The summed E-state index contributed by atoms with van der Waals surface area (Å²) in [6, 6.07) is 0. The fourth-order valence-electron chi connectivity index (χ4n) is 11.9. The highest BCUT2D eigenvalue weighted by Gasteiger charge is 2.82. The van der Waals surface area contributed by atoms with E-state index in [9.17, 15) is 4.79 Å². The lowest BCUT2D eigenvalue weighted by molar-refractivity contribution is -0.157. The summed E-state index contributed by atoms with van der Waals surface area (Å²) in [6.07, 6.45) is 14.7. The summed E-state index contributed by atoms with van der Waals surface area (Å²) in [5, 5.41) is 0. The van der Waals surface area contributed by atoms with E-state index in [0.717, 1.165) is 24.2 Å². The summed E-state index contributed by atoms with van der Waals surface area (Å²) in [5.74, 6) is 5.18. The van der Waals surface area contributed by atoms with E-state index in [-0.39, 0.29) is 5.41 Å². The summed E-state index contributed by atoms with van der Waals surface area (Å²) in [5.41, 5.74) is 3.37. The number of Topliss-reactive ketones (excluding diaryl/α,β-unsaturated/α-hetero) is 1.